The van der Waals surface area contributed by atoms with Crippen molar-refractivity contribution in [1.82, 2.24) is 9.80 Å². The molecule has 5 rings (SSSR count). The molecule has 1 heterocycles. The number of benzene rings is 1. The van der Waals surface area contributed by atoms with Gasteiger partial charge in [0.1, 0.15) is 17.3 Å². The van der Waals surface area contributed by atoms with E-state index in [1.165, 1.54) is 11.1 Å². The van der Waals surface area contributed by atoms with Crippen molar-refractivity contribution in [2.75, 3.05) is 44.7 Å². The zero-order chi connectivity index (χ0) is 36.1. The quantitative estimate of drug-likeness (QED) is 0.111. The van der Waals surface area contributed by atoms with E-state index in [0.29, 0.717) is 54.7 Å². The lowest BCUT2D eigenvalue weighted by atomic mass is 9.52. The zero-order valence-electron chi connectivity index (χ0n) is 29.8. The van der Waals surface area contributed by atoms with Crippen molar-refractivity contribution < 1.29 is 41.1 Å². The first kappa shape index (κ1) is 39.6. The van der Waals surface area contributed by atoms with Gasteiger partial charge in [0.2, 0.25) is 0 Å². The minimum absolute atomic E-state index is 0.0211. The number of aliphatic hydroxyl groups excluding tert-OH is 1. The van der Waals surface area contributed by atoms with Gasteiger partial charge in [-0.1, -0.05) is 56.3 Å². The normalized spacial score (nSPS) is 29.3. The molecule has 0 spiro atoms. The van der Waals surface area contributed by atoms with Crippen LogP contribution in [0.2, 0.25) is 0 Å². The van der Waals surface area contributed by atoms with Crippen LogP contribution in [0.1, 0.15) is 114 Å². The molecule has 284 valence electrons. The summed E-state index contributed by atoms with van der Waals surface area (Å²) in [5.74, 6) is -1.86. The number of rotatable bonds is 15. The zero-order valence-corrected chi connectivity index (χ0v) is 30.6. The molecule has 1 unspecified atom stereocenters. The predicted molar refractivity (Wildman–Crippen MR) is 186 cm³/mol. The number of hydrogen-bond acceptors (Lipinski definition) is 5. The molecule has 7 atom stereocenters. The first-order chi connectivity index (χ1) is 23.7. The second-order valence-electron chi connectivity index (χ2n) is 15.8. The lowest BCUT2D eigenvalue weighted by Crippen LogP contribution is -2.48. The highest BCUT2D eigenvalue weighted by Crippen LogP contribution is 2.62. The fourth-order valence-electron chi connectivity index (χ4n) is 9.49. The molecule has 1 N–H and O–H groups in total. The Hall–Kier alpha value is -1.63. The Morgan fingerprint density at radius 3 is 2.32 bits per heavy atom. The average Bonchev–Trinajstić information content (AvgIpc) is 3.37. The predicted octanol–water partition coefficient (Wildman–Crippen LogP) is 8.72. The van der Waals surface area contributed by atoms with Gasteiger partial charge in [0.05, 0.1) is 6.10 Å². The fraction of sp³-hybridized carbons (Fsp3) is 0.816. The van der Waals surface area contributed by atoms with Gasteiger partial charge in [-0.3, -0.25) is 0 Å². The second-order valence-corrected chi connectivity index (χ2v) is 17.5. The summed E-state index contributed by atoms with van der Waals surface area (Å²) >= 11 is -1.37. The van der Waals surface area contributed by atoms with Crippen molar-refractivity contribution in [2.24, 2.45) is 23.2 Å². The topological polar surface area (TPSA) is 76.1 Å². The fourth-order valence-corrected chi connectivity index (χ4v) is 10.7. The lowest BCUT2D eigenvalue weighted by molar-refractivity contribution is -0.284. The van der Waals surface area contributed by atoms with Crippen LogP contribution in [-0.2, 0) is 17.6 Å². The molecule has 1 aromatic carbocycles. The number of amides is 1. The Morgan fingerprint density at radius 2 is 1.62 bits per heavy atom. The average molecular weight is 733 g/mol. The maximum atomic E-state index is 13.0. The number of alkyl halides is 5. The van der Waals surface area contributed by atoms with Crippen LogP contribution in [0.3, 0.4) is 0 Å². The van der Waals surface area contributed by atoms with Crippen LogP contribution < -0.4 is 4.74 Å². The van der Waals surface area contributed by atoms with Crippen molar-refractivity contribution in [3.05, 3.63) is 29.3 Å². The van der Waals surface area contributed by atoms with Gasteiger partial charge in [-0.05, 0) is 117 Å². The SMILES string of the molecule is CN1CCN(C(=O)Oc2ccc3c(c2)C[C@@H](CCCCCCCCC[S+]([O-])CCCC(F)(F)C(F)(F)F)[C@@H]2[C@@H]3CC[C@]3(C)[C@@H](O)CC[C@@H]23)CC1. The van der Waals surface area contributed by atoms with Crippen LogP contribution >= 0.6 is 0 Å². The van der Waals surface area contributed by atoms with Crippen molar-refractivity contribution in [3.8, 4) is 5.75 Å². The summed E-state index contributed by atoms with van der Waals surface area (Å²) in [5, 5.41) is 11.0. The van der Waals surface area contributed by atoms with Crippen molar-refractivity contribution in [2.45, 2.75) is 127 Å². The van der Waals surface area contributed by atoms with E-state index in [1.54, 1.807) is 4.90 Å². The molecule has 4 aliphatic rings. The Balaban J connectivity index is 1.08. The summed E-state index contributed by atoms with van der Waals surface area (Å²) in [6.45, 7) is 5.33. The van der Waals surface area contributed by atoms with Crippen LogP contribution in [0.25, 0.3) is 0 Å². The standard InChI is InChI=1S/C38H57F5N2O4S/c1-36-18-16-31-30-13-12-29(49-35(47)45-21-19-44(2)20-22-45)26-28(30)25-27(34(31)32(36)14-15-33(36)46)11-8-6-4-3-5-7-9-23-50(48)24-10-17-37(39,40)38(41,42)43/h12-13,26-27,31-34,46H,3-11,14-25H2,1-2H3/t27-,31-,32+,33+,34-,36+,50?/m1/s1. The number of hydrogen-bond donors (Lipinski definition) is 1. The number of piperazine rings is 1. The monoisotopic (exact) mass is 732 g/mol. The largest absolute Gasteiger partial charge is 0.616 e. The maximum Gasteiger partial charge on any atom is 0.453 e. The minimum Gasteiger partial charge on any atom is -0.616 e. The number of carbonyl (C=O) groups is 1. The molecule has 2 saturated carbocycles. The molecule has 6 nitrogen and oxygen atoms in total. The molecule has 1 aliphatic heterocycles. The van der Waals surface area contributed by atoms with E-state index in [4.69, 9.17) is 4.74 Å². The molecule has 50 heavy (non-hydrogen) atoms. The summed E-state index contributed by atoms with van der Waals surface area (Å²) in [4.78, 5) is 16.9. The highest BCUT2D eigenvalue weighted by molar-refractivity contribution is 7.91. The third kappa shape index (κ3) is 9.47. The van der Waals surface area contributed by atoms with Crippen LogP contribution in [0, 0.1) is 23.2 Å². The maximum absolute atomic E-state index is 13.0. The molecular formula is C38H57F5N2O4S. The van der Waals surface area contributed by atoms with Gasteiger partial charge in [0.25, 0.3) is 0 Å². The van der Waals surface area contributed by atoms with E-state index >= 15 is 0 Å². The summed E-state index contributed by atoms with van der Waals surface area (Å²) in [5.41, 5.74) is 2.68. The van der Waals surface area contributed by atoms with E-state index in [1.807, 2.05) is 6.07 Å². The van der Waals surface area contributed by atoms with E-state index in [-0.39, 0.29) is 23.4 Å². The number of halogens is 5. The van der Waals surface area contributed by atoms with E-state index < -0.39 is 36.1 Å². The van der Waals surface area contributed by atoms with E-state index in [2.05, 4.69) is 31.0 Å². The van der Waals surface area contributed by atoms with E-state index in [9.17, 15) is 36.4 Å². The highest BCUT2D eigenvalue weighted by Gasteiger charge is 2.57. The smallest absolute Gasteiger partial charge is 0.453 e. The van der Waals surface area contributed by atoms with Crippen molar-refractivity contribution >= 4 is 17.3 Å². The van der Waals surface area contributed by atoms with Gasteiger partial charge < -0.3 is 24.2 Å². The number of fused-ring (bicyclic) bond motifs is 5. The third-order valence-electron chi connectivity index (χ3n) is 12.5. The van der Waals surface area contributed by atoms with Gasteiger partial charge in [0.15, 0.2) is 0 Å². The molecular weight excluding hydrogens is 675 g/mol. The van der Waals surface area contributed by atoms with E-state index in [0.717, 1.165) is 90.1 Å². The molecule has 12 heteroatoms. The third-order valence-corrected chi connectivity index (χ3v) is 14.0. The van der Waals surface area contributed by atoms with Crippen LogP contribution in [0.4, 0.5) is 26.7 Å². The van der Waals surface area contributed by atoms with Gasteiger partial charge in [0, 0.05) is 32.6 Å². The molecule has 1 aromatic rings. The first-order valence-corrected chi connectivity index (χ1v) is 20.4. The molecule has 1 saturated heterocycles. The highest BCUT2D eigenvalue weighted by atomic mass is 32.2. The first-order valence-electron chi connectivity index (χ1n) is 19.0. The van der Waals surface area contributed by atoms with Gasteiger partial charge in [-0.15, -0.1) is 0 Å². The Morgan fingerprint density at radius 1 is 0.960 bits per heavy atom. The van der Waals surface area contributed by atoms with Crippen molar-refractivity contribution in [3.63, 3.8) is 0 Å². The molecule has 1 amide bonds. The number of carbonyl (C=O) groups excluding carboxylic acids is 1. The van der Waals surface area contributed by atoms with Gasteiger partial charge in [-0.2, -0.15) is 22.0 Å². The number of nitrogens with zero attached hydrogens (tertiary/aromatic N) is 2. The number of ether oxygens (including phenoxy) is 1. The molecule has 3 aliphatic carbocycles. The number of aliphatic hydroxyl groups is 1. The van der Waals surface area contributed by atoms with Gasteiger partial charge in [-0.25, -0.2) is 4.79 Å². The Bertz CT molecular complexity index is 1260. The Labute approximate surface area is 298 Å². The summed E-state index contributed by atoms with van der Waals surface area (Å²) in [6, 6.07) is 6.28. The minimum atomic E-state index is -5.55. The lowest BCUT2D eigenvalue weighted by Gasteiger charge is -2.53. The molecule has 0 radical (unpaired) electrons. The molecule has 3 fully saturated rings. The van der Waals surface area contributed by atoms with Gasteiger partial charge >= 0.3 is 18.2 Å². The van der Waals surface area contributed by atoms with Crippen LogP contribution in [0.5, 0.6) is 5.75 Å². The van der Waals surface area contributed by atoms with Crippen LogP contribution in [-0.4, -0.2) is 88.5 Å². The van der Waals surface area contributed by atoms with Crippen molar-refractivity contribution in [1.29, 1.82) is 0 Å². The number of likely N-dealkylation sites (N-methyl/N-ethyl adjacent to an activating group) is 1. The Kier molecular flexibility index (Phi) is 13.5. The summed E-state index contributed by atoms with van der Waals surface area (Å²) in [7, 11) is 2.06. The second kappa shape index (κ2) is 17.0. The molecule has 0 aromatic heterocycles. The summed E-state index contributed by atoms with van der Waals surface area (Å²) in [6.07, 6.45) is 5.31. The summed E-state index contributed by atoms with van der Waals surface area (Å²) < 4.78 is 81.0. The van der Waals surface area contributed by atoms with Crippen LogP contribution in [0.15, 0.2) is 18.2 Å². The number of unbranched alkanes of at least 4 members (excludes halogenated alkanes) is 6. The molecule has 0 bridgehead atoms.